The van der Waals surface area contributed by atoms with Crippen LogP contribution in [0.1, 0.15) is 0 Å². The van der Waals surface area contributed by atoms with Crippen LogP contribution in [-0.4, -0.2) is 25.0 Å². The highest BCUT2D eigenvalue weighted by Gasteiger charge is 2.25. The van der Waals surface area contributed by atoms with Crippen LogP contribution in [0, 0.1) is 13.7 Å². The van der Waals surface area contributed by atoms with Gasteiger partial charge in [-0.1, -0.05) is 0 Å². The Balaban J connectivity index is 3.39. The van der Waals surface area contributed by atoms with Gasteiger partial charge in [0.05, 0.1) is 10.7 Å². The topological polar surface area (TPSA) is 77.3 Å². The van der Waals surface area contributed by atoms with Crippen LogP contribution in [0.4, 0.5) is 5.69 Å². The molecule has 0 bridgehead atoms. The number of benzene rings is 1. The van der Waals surface area contributed by atoms with Gasteiger partial charge in [0.2, 0.25) is 0 Å². The molecule has 0 spiro atoms. The first-order valence-corrected chi connectivity index (χ1v) is 7.37. The van der Waals surface area contributed by atoms with E-state index in [0.717, 1.165) is 0 Å². The normalized spacial score (nSPS) is 11.4. The van der Waals surface area contributed by atoms with Crippen LogP contribution in [0.2, 0.25) is 0 Å². The smallest absolute Gasteiger partial charge is 0.258 e. The zero-order valence-corrected chi connectivity index (χ0v) is 11.6. The van der Waals surface area contributed by atoms with Gasteiger partial charge in [0.15, 0.2) is 9.84 Å². The lowest BCUT2D eigenvalue weighted by Gasteiger charge is -2.03. The summed E-state index contributed by atoms with van der Waals surface area (Å²) >= 11 is 7.23. The maximum absolute atomic E-state index is 11.7. The molecule has 16 heavy (non-hydrogen) atoms. The van der Waals surface area contributed by atoms with Crippen LogP contribution < -0.4 is 0 Å². The van der Waals surface area contributed by atoms with Crippen molar-refractivity contribution >= 4 is 49.7 Å². The third-order valence-corrected chi connectivity index (χ3v) is 4.64. The highest BCUT2D eigenvalue weighted by atomic mass is 127. The van der Waals surface area contributed by atoms with Crippen molar-refractivity contribution in [3.63, 3.8) is 0 Å². The highest BCUT2D eigenvalue weighted by molar-refractivity contribution is 14.1. The van der Waals surface area contributed by atoms with E-state index in [2.05, 4.69) is 0 Å². The van der Waals surface area contributed by atoms with E-state index >= 15 is 0 Å². The summed E-state index contributed by atoms with van der Waals surface area (Å²) in [5.41, 5.74) is -0.406. The summed E-state index contributed by atoms with van der Waals surface area (Å²) in [6.07, 6.45) is 0. The van der Waals surface area contributed by atoms with E-state index in [0.29, 0.717) is 3.57 Å². The van der Waals surface area contributed by atoms with Crippen LogP contribution in [0.25, 0.3) is 0 Å². The van der Waals surface area contributed by atoms with E-state index in [1.165, 1.54) is 18.2 Å². The Bertz CT molecular complexity index is 517. The van der Waals surface area contributed by atoms with Crippen molar-refractivity contribution in [2.45, 2.75) is 4.90 Å². The molecule has 0 atom stereocenters. The van der Waals surface area contributed by atoms with Gasteiger partial charge in [-0.3, -0.25) is 10.1 Å². The van der Waals surface area contributed by atoms with Gasteiger partial charge in [0.1, 0.15) is 4.90 Å². The molecule has 0 aliphatic heterocycles. The number of hydrogen-bond donors (Lipinski definition) is 0. The monoisotopic (exact) mass is 375 g/mol. The Morgan fingerprint density at radius 2 is 2.06 bits per heavy atom. The van der Waals surface area contributed by atoms with E-state index in [1.807, 2.05) is 22.6 Å². The Morgan fingerprint density at radius 3 is 2.56 bits per heavy atom. The second kappa shape index (κ2) is 5.28. The van der Waals surface area contributed by atoms with Crippen molar-refractivity contribution in [1.29, 1.82) is 0 Å². The highest BCUT2D eigenvalue weighted by Crippen LogP contribution is 2.26. The Morgan fingerprint density at radius 1 is 1.44 bits per heavy atom. The molecule has 0 aliphatic rings. The van der Waals surface area contributed by atoms with Gasteiger partial charge in [-0.25, -0.2) is 8.42 Å². The van der Waals surface area contributed by atoms with Gasteiger partial charge in [-0.2, -0.15) is 0 Å². The number of rotatable bonds is 4. The first-order chi connectivity index (χ1) is 7.38. The number of nitro groups is 1. The molecule has 0 aromatic heterocycles. The standard InChI is InChI=1S/C8H7ClINO4S/c9-3-4-16(14,15)8-2-1-6(10)5-7(8)11(12)13/h1-2,5H,3-4H2. The molecular formula is C8H7ClINO4S. The van der Waals surface area contributed by atoms with Crippen LogP contribution in [-0.2, 0) is 9.84 Å². The fraction of sp³-hybridized carbons (Fsp3) is 0.250. The number of halogens is 2. The summed E-state index contributed by atoms with van der Waals surface area (Å²) in [5, 5.41) is 10.7. The molecule has 88 valence electrons. The number of nitro benzene ring substituents is 1. The minimum atomic E-state index is -3.68. The van der Waals surface area contributed by atoms with Gasteiger partial charge < -0.3 is 0 Å². The van der Waals surface area contributed by atoms with Gasteiger partial charge in [0.25, 0.3) is 5.69 Å². The largest absolute Gasteiger partial charge is 0.289 e. The number of alkyl halides is 1. The molecule has 0 N–H and O–H groups in total. The van der Waals surface area contributed by atoms with Gasteiger partial charge in [-0.05, 0) is 34.7 Å². The summed E-state index contributed by atoms with van der Waals surface area (Å²) in [6, 6.07) is 3.97. The maximum atomic E-state index is 11.7. The van der Waals surface area contributed by atoms with E-state index in [1.54, 1.807) is 0 Å². The molecule has 0 amide bonds. The average molecular weight is 376 g/mol. The Labute approximate surface area is 111 Å². The van der Waals surface area contributed by atoms with Crippen molar-refractivity contribution in [2.24, 2.45) is 0 Å². The van der Waals surface area contributed by atoms with Gasteiger partial charge in [-0.15, -0.1) is 11.6 Å². The zero-order valence-electron chi connectivity index (χ0n) is 7.89. The minimum Gasteiger partial charge on any atom is -0.258 e. The summed E-state index contributed by atoms with van der Waals surface area (Å²) in [4.78, 5) is 9.75. The zero-order chi connectivity index (χ0) is 12.3. The summed E-state index contributed by atoms with van der Waals surface area (Å²) in [5.74, 6) is -0.401. The first-order valence-electron chi connectivity index (χ1n) is 4.11. The molecule has 8 heteroatoms. The summed E-state index contributed by atoms with van der Waals surface area (Å²) in [6.45, 7) is 0. The quantitative estimate of drug-likeness (QED) is 0.350. The average Bonchev–Trinajstić information content (AvgIpc) is 2.16. The number of nitrogens with zero attached hydrogens (tertiary/aromatic N) is 1. The van der Waals surface area contributed by atoms with E-state index in [4.69, 9.17) is 11.6 Å². The molecular weight excluding hydrogens is 369 g/mol. The van der Waals surface area contributed by atoms with Crippen molar-refractivity contribution < 1.29 is 13.3 Å². The number of sulfone groups is 1. The van der Waals surface area contributed by atoms with E-state index in [-0.39, 0.29) is 16.5 Å². The minimum absolute atomic E-state index is 0.0918. The lowest BCUT2D eigenvalue weighted by molar-refractivity contribution is -0.387. The van der Waals surface area contributed by atoms with Gasteiger partial charge in [0, 0.05) is 15.5 Å². The second-order valence-corrected chi connectivity index (χ2v) is 6.58. The fourth-order valence-electron chi connectivity index (χ4n) is 1.11. The predicted octanol–water partition coefficient (Wildman–Crippen LogP) is 2.21. The van der Waals surface area contributed by atoms with Crippen LogP contribution in [0.3, 0.4) is 0 Å². The van der Waals surface area contributed by atoms with Crippen molar-refractivity contribution in [2.75, 3.05) is 11.6 Å². The fourth-order valence-corrected chi connectivity index (χ4v) is 3.34. The molecule has 1 rings (SSSR count). The van der Waals surface area contributed by atoms with Crippen molar-refractivity contribution in [3.05, 3.63) is 31.9 Å². The molecule has 0 saturated heterocycles. The third-order valence-electron chi connectivity index (χ3n) is 1.80. The van der Waals surface area contributed by atoms with E-state index < -0.39 is 20.4 Å². The van der Waals surface area contributed by atoms with Gasteiger partial charge >= 0.3 is 0 Å². The maximum Gasteiger partial charge on any atom is 0.289 e. The van der Waals surface area contributed by atoms with E-state index in [9.17, 15) is 18.5 Å². The molecule has 0 saturated carbocycles. The molecule has 0 aliphatic carbocycles. The molecule has 0 radical (unpaired) electrons. The lowest BCUT2D eigenvalue weighted by Crippen LogP contribution is -2.10. The first kappa shape index (κ1) is 13.7. The lowest BCUT2D eigenvalue weighted by atomic mass is 10.3. The summed E-state index contributed by atoms with van der Waals surface area (Å²) in [7, 11) is -3.68. The van der Waals surface area contributed by atoms with Crippen molar-refractivity contribution in [3.8, 4) is 0 Å². The second-order valence-electron chi connectivity index (χ2n) is 2.88. The third kappa shape index (κ3) is 3.05. The summed E-state index contributed by atoms with van der Waals surface area (Å²) < 4.78 is 24.0. The van der Waals surface area contributed by atoms with Crippen LogP contribution in [0.5, 0.6) is 0 Å². The Kier molecular flexibility index (Phi) is 4.51. The molecule has 0 heterocycles. The molecule has 0 unspecified atom stereocenters. The van der Waals surface area contributed by atoms with Crippen LogP contribution in [0.15, 0.2) is 23.1 Å². The predicted molar refractivity (Wildman–Crippen MR) is 68.6 cm³/mol. The molecule has 1 aromatic rings. The number of hydrogen-bond acceptors (Lipinski definition) is 4. The molecule has 5 nitrogen and oxygen atoms in total. The molecule has 0 fully saturated rings. The van der Waals surface area contributed by atoms with Crippen LogP contribution >= 0.6 is 34.2 Å². The Hall–Kier alpha value is -0.410. The molecule has 1 aromatic carbocycles. The SMILES string of the molecule is O=[N+]([O-])c1cc(I)ccc1S(=O)(=O)CCCl. The van der Waals surface area contributed by atoms with Crippen molar-refractivity contribution in [1.82, 2.24) is 0 Å².